The van der Waals surface area contributed by atoms with Gasteiger partial charge >= 0.3 is 101 Å². The van der Waals surface area contributed by atoms with E-state index in [9.17, 15) is 9.90 Å². The Hall–Kier alpha value is -0.420. The van der Waals surface area contributed by atoms with Gasteiger partial charge in [-0.3, -0.25) is 4.79 Å². The molecule has 26 heavy (non-hydrogen) atoms. The molecule has 158 valence electrons. The van der Waals surface area contributed by atoms with Crippen LogP contribution >= 0.6 is 7.94 Å². The minimum atomic E-state index is -3.59. The third-order valence-electron chi connectivity index (χ3n) is 2.81. The van der Waals surface area contributed by atoms with Crippen LogP contribution in [0.2, 0.25) is 0 Å². The van der Waals surface area contributed by atoms with Gasteiger partial charge in [-0.05, 0) is 6.42 Å². The quantitative estimate of drug-likeness (QED) is 0.169. The van der Waals surface area contributed by atoms with Gasteiger partial charge in [0, 0.05) is 20.1 Å². The van der Waals surface area contributed by atoms with Crippen molar-refractivity contribution in [2.75, 3.05) is 72.7 Å². The van der Waals surface area contributed by atoms with Crippen LogP contribution in [-0.2, 0) is 28.3 Å². The molecule has 0 aromatic heterocycles. The number of carbonyl (C=O) groups is 1. The number of amides is 1. The van der Waals surface area contributed by atoms with E-state index in [0.717, 1.165) is 6.42 Å². The van der Waals surface area contributed by atoms with Gasteiger partial charge in [0.2, 0.25) is 5.91 Å². The van der Waals surface area contributed by atoms with Crippen molar-refractivity contribution in [2.45, 2.75) is 19.4 Å². The van der Waals surface area contributed by atoms with Gasteiger partial charge in [0.25, 0.3) is 0 Å². The standard InChI is InChI=1S/C15H34NO9P/c1-14(17)16-4-3-5-21-6-7-22-8-9-23-10-11-24-12-15(18)13-25-26(2,19)20/h15,18-20,26H,3-13H2,1-2H3,(H,16,17). The summed E-state index contributed by atoms with van der Waals surface area (Å²) in [5, 5.41) is 12.2. The number of aliphatic hydroxyl groups excluding tert-OH is 1. The van der Waals surface area contributed by atoms with Gasteiger partial charge in [-0.2, -0.15) is 0 Å². The topological polar surface area (TPSA) is 136 Å². The molecule has 10 nitrogen and oxygen atoms in total. The van der Waals surface area contributed by atoms with E-state index >= 15 is 0 Å². The molecule has 11 heteroatoms. The Morgan fingerprint density at radius 3 is 1.92 bits per heavy atom. The summed E-state index contributed by atoms with van der Waals surface area (Å²) in [5.74, 6) is -0.0404. The van der Waals surface area contributed by atoms with Crippen molar-refractivity contribution in [3.05, 3.63) is 0 Å². The zero-order valence-corrected chi connectivity index (χ0v) is 16.6. The molecule has 1 atom stereocenters. The Bertz CT molecular complexity index is 342. The summed E-state index contributed by atoms with van der Waals surface area (Å²) >= 11 is 0. The van der Waals surface area contributed by atoms with Crippen molar-refractivity contribution in [1.29, 1.82) is 0 Å². The molecule has 0 bridgehead atoms. The number of hydrogen-bond donors (Lipinski definition) is 4. The normalized spacial score (nSPS) is 13.6. The molecule has 4 N–H and O–H groups in total. The monoisotopic (exact) mass is 403 g/mol. The Labute approximate surface area is 155 Å². The molecule has 1 unspecified atom stereocenters. The maximum absolute atomic E-state index is 10.6. The van der Waals surface area contributed by atoms with Crippen molar-refractivity contribution < 1.29 is 43.2 Å². The van der Waals surface area contributed by atoms with E-state index in [4.69, 9.17) is 33.3 Å². The molecule has 0 fully saturated rings. The minimum absolute atomic E-state index is 0.0314. The first-order valence-electron chi connectivity index (χ1n) is 8.63. The predicted octanol–water partition coefficient (Wildman–Crippen LogP) is -0.934. The molecule has 0 radical (unpaired) electrons. The second-order valence-corrected chi connectivity index (χ2v) is 7.80. The Morgan fingerprint density at radius 1 is 0.923 bits per heavy atom. The summed E-state index contributed by atoms with van der Waals surface area (Å²) in [4.78, 5) is 28.7. The fourth-order valence-electron chi connectivity index (χ4n) is 1.62. The molecular weight excluding hydrogens is 369 g/mol. The maximum atomic E-state index is 10.6. The number of hydrogen-bond acceptors (Lipinski definition) is 9. The van der Waals surface area contributed by atoms with E-state index in [1.807, 2.05) is 0 Å². The van der Waals surface area contributed by atoms with E-state index in [-0.39, 0.29) is 19.1 Å². The van der Waals surface area contributed by atoms with Gasteiger partial charge in [0.05, 0.1) is 6.61 Å². The second kappa shape index (κ2) is 16.7. The fourth-order valence-corrected chi connectivity index (χ4v) is 2.13. The molecule has 0 rings (SSSR count). The van der Waals surface area contributed by atoms with Crippen molar-refractivity contribution in [3.8, 4) is 0 Å². The van der Waals surface area contributed by atoms with Gasteiger partial charge in [-0.15, -0.1) is 0 Å². The van der Waals surface area contributed by atoms with Crippen LogP contribution in [0.1, 0.15) is 13.3 Å². The number of nitrogens with one attached hydrogen (secondary N) is 1. The number of ether oxygens (including phenoxy) is 4. The summed E-state index contributed by atoms with van der Waals surface area (Å²) in [6, 6.07) is 0. The zero-order valence-electron chi connectivity index (χ0n) is 15.6. The average molecular weight is 403 g/mol. The Balaban J connectivity index is 3.16. The average Bonchev–Trinajstić information content (AvgIpc) is 2.55. The number of aliphatic hydroxyl groups is 1. The van der Waals surface area contributed by atoms with Gasteiger partial charge in [0.1, 0.15) is 0 Å². The predicted molar refractivity (Wildman–Crippen MR) is 97.2 cm³/mol. The first-order chi connectivity index (χ1) is 12.3. The van der Waals surface area contributed by atoms with Gasteiger partial charge in [-0.25, -0.2) is 0 Å². The van der Waals surface area contributed by atoms with Crippen LogP contribution in [0, 0.1) is 0 Å². The van der Waals surface area contributed by atoms with Crippen molar-refractivity contribution in [2.24, 2.45) is 0 Å². The third kappa shape index (κ3) is 21.6. The summed E-state index contributed by atoms with van der Waals surface area (Å²) in [6.07, 6.45) is -0.146. The van der Waals surface area contributed by atoms with Crippen LogP contribution in [0.25, 0.3) is 0 Å². The van der Waals surface area contributed by atoms with Gasteiger partial charge in [-0.1, -0.05) is 0 Å². The number of carbonyl (C=O) groups excluding carboxylic acids is 1. The fraction of sp³-hybridized carbons (Fsp3) is 0.933. The third-order valence-corrected chi connectivity index (χ3v) is 3.53. The van der Waals surface area contributed by atoms with E-state index in [2.05, 4.69) is 5.32 Å². The van der Waals surface area contributed by atoms with Gasteiger partial charge in [0.15, 0.2) is 0 Å². The molecule has 0 aromatic carbocycles. The van der Waals surface area contributed by atoms with Crippen LogP contribution in [0.4, 0.5) is 0 Å². The van der Waals surface area contributed by atoms with Crippen LogP contribution in [0.5, 0.6) is 0 Å². The molecule has 0 aliphatic rings. The second-order valence-electron chi connectivity index (χ2n) is 5.65. The number of rotatable bonds is 18. The molecule has 0 heterocycles. The van der Waals surface area contributed by atoms with E-state index in [1.54, 1.807) is 0 Å². The SMILES string of the molecule is CC(=O)NCCCOCCOCCOCCOCC(O)CO[PH](C)(O)O. The zero-order chi connectivity index (χ0) is 19.7. The first-order valence-corrected chi connectivity index (χ1v) is 10.9. The summed E-state index contributed by atoms with van der Waals surface area (Å²) in [7, 11) is -3.59. The summed E-state index contributed by atoms with van der Waals surface area (Å²) in [6.45, 7) is 6.22. The molecule has 0 saturated heterocycles. The van der Waals surface area contributed by atoms with E-state index in [0.29, 0.717) is 52.8 Å². The van der Waals surface area contributed by atoms with Crippen LogP contribution in [-0.4, -0.2) is 99.6 Å². The molecule has 0 spiro atoms. The molecule has 0 aliphatic heterocycles. The molecular formula is C15H34NO9P. The summed E-state index contributed by atoms with van der Waals surface area (Å²) < 4.78 is 25.9. The van der Waals surface area contributed by atoms with Crippen molar-refractivity contribution >= 4 is 13.9 Å². The molecule has 0 aromatic rings. The Morgan fingerprint density at radius 2 is 1.42 bits per heavy atom. The van der Waals surface area contributed by atoms with E-state index in [1.165, 1.54) is 13.6 Å². The molecule has 1 amide bonds. The van der Waals surface area contributed by atoms with Crippen LogP contribution in [0.3, 0.4) is 0 Å². The molecule has 0 aliphatic carbocycles. The van der Waals surface area contributed by atoms with Gasteiger partial charge < -0.3 is 10.1 Å². The van der Waals surface area contributed by atoms with Crippen LogP contribution in [0.15, 0.2) is 0 Å². The summed E-state index contributed by atoms with van der Waals surface area (Å²) in [5.41, 5.74) is 0. The first kappa shape index (κ1) is 25.6. The van der Waals surface area contributed by atoms with Crippen molar-refractivity contribution in [1.82, 2.24) is 5.32 Å². The van der Waals surface area contributed by atoms with E-state index < -0.39 is 14.0 Å². The van der Waals surface area contributed by atoms with Crippen LogP contribution < -0.4 is 5.32 Å². The van der Waals surface area contributed by atoms with Crippen molar-refractivity contribution in [3.63, 3.8) is 0 Å². The molecule has 0 saturated carbocycles. The Kier molecular flexibility index (Phi) is 16.5.